The summed E-state index contributed by atoms with van der Waals surface area (Å²) < 4.78 is 0. The Balaban J connectivity index is 1.94. The minimum absolute atomic E-state index is 0.0751. The first-order valence-electron chi connectivity index (χ1n) is 7.78. The Morgan fingerprint density at radius 3 is 2.78 bits per heavy atom. The standard InChI is InChI=1S/C18H22ClN3O/c1-13(2)7-9-21-18(23)14-8-10-20-17(11-14)22-12-15-5-3-4-6-16(15)19/h3-6,8,10-11,13H,7,9,12H2,1-2H3,(H,20,22)(H,21,23). The van der Waals surface area contributed by atoms with Gasteiger partial charge in [-0.25, -0.2) is 4.98 Å². The van der Waals surface area contributed by atoms with Crippen molar-refractivity contribution in [2.45, 2.75) is 26.8 Å². The molecule has 0 aliphatic carbocycles. The first-order chi connectivity index (χ1) is 11.1. The summed E-state index contributed by atoms with van der Waals surface area (Å²) in [6.45, 7) is 5.51. The molecule has 0 aliphatic rings. The molecule has 2 aromatic rings. The number of nitrogens with one attached hydrogen (secondary N) is 2. The monoisotopic (exact) mass is 331 g/mol. The number of hydrogen-bond acceptors (Lipinski definition) is 3. The van der Waals surface area contributed by atoms with Crippen LogP contribution in [0.5, 0.6) is 0 Å². The number of nitrogens with zero attached hydrogens (tertiary/aromatic N) is 1. The number of anilines is 1. The van der Waals surface area contributed by atoms with Crippen LogP contribution >= 0.6 is 11.6 Å². The maximum absolute atomic E-state index is 12.1. The van der Waals surface area contributed by atoms with Crippen LogP contribution in [0.15, 0.2) is 42.6 Å². The highest BCUT2D eigenvalue weighted by molar-refractivity contribution is 6.31. The van der Waals surface area contributed by atoms with E-state index in [1.165, 1.54) is 0 Å². The van der Waals surface area contributed by atoms with Gasteiger partial charge in [0.05, 0.1) is 0 Å². The van der Waals surface area contributed by atoms with Crippen molar-refractivity contribution in [3.63, 3.8) is 0 Å². The number of benzene rings is 1. The van der Waals surface area contributed by atoms with Crippen molar-refractivity contribution in [2.75, 3.05) is 11.9 Å². The van der Waals surface area contributed by atoms with E-state index in [2.05, 4.69) is 29.5 Å². The Hall–Kier alpha value is -2.07. The molecule has 0 radical (unpaired) electrons. The van der Waals surface area contributed by atoms with Crippen molar-refractivity contribution in [1.82, 2.24) is 10.3 Å². The lowest BCUT2D eigenvalue weighted by molar-refractivity contribution is 0.0952. The van der Waals surface area contributed by atoms with Crippen molar-refractivity contribution in [2.24, 2.45) is 5.92 Å². The van der Waals surface area contributed by atoms with Crippen LogP contribution in [0.3, 0.4) is 0 Å². The highest BCUT2D eigenvalue weighted by Gasteiger charge is 2.07. The second-order valence-corrected chi connectivity index (χ2v) is 6.22. The van der Waals surface area contributed by atoms with Crippen LogP contribution < -0.4 is 10.6 Å². The molecule has 0 bridgehead atoms. The zero-order chi connectivity index (χ0) is 16.7. The molecule has 4 nitrogen and oxygen atoms in total. The molecular formula is C18H22ClN3O. The van der Waals surface area contributed by atoms with E-state index >= 15 is 0 Å². The fourth-order valence-corrected chi connectivity index (χ4v) is 2.27. The van der Waals surface area contributed by atoms with Gasteiger partial charge in [-0.1, -0.05) is 43.6 Å². The van der Waals surface area contributed by atoms with E-state index in [4.69, 9.17) is 11.6 Å². The van der Waals surface area contributed by atoms with E-state index in [0.29, 0.717) is 35.4 Å². The Bertz CT molecular complexity index is 658. The molecule has 0 spiro atoms. The fourth-order valence-electron chi connectivity index (χ4n) is 2.07. The molecule has 1 amide bonds. The van der Waals surface area contributed by atoms with Gasteiger partial charge in [0.1, 0.15) is 5.82 Å². The summed E-state index contributed by atoms with van der Waals surface area (Å²) in [4.78, 5) is 16.4. The quantitative estimate of drug-likeness (QED) is 0.802. The van der Waals surface area contributed by atoms with Crippen LogP contribution in [0.2, 0.25) is 5.02 Å². The number of carbonyl (C=O) groups is 1. The van der Waals surface area contributed by atoms with Crippen molar-refractivity contribution < 1.29 is 4.79 Å². The lowest BCUT2D eigenvalue weighted by atomic mass is 10.1. The highest BCUT2D eigenvalue weighted by atomic mass is 35.5. The van der Waals surface area contributed by atoms with Gasteiger partial charge in [-0.3, -0.25) is 4.79 Å². The molecule has 2 rings (SSSR count). The van der Waals surface area contributed by atoms with Crippen molar-refractivity contribution >= 4 is 23.3 Å². The summed E-state index contributed by atoms with van der Waals surface area (Å²) in [6.07, 6.45) is 2.60. The molecule has 2 N–H and O–H groups in total. The molecule has 1 aromatic carbocycles. The van der Waals surface area contributed by atoms with Crippen LogP contribution in [-0.2, 0) is 6.54 Å². The van der Waals surface area contributed by atoms with E-state index in [1.807, 2.05) is 24.3 Å². The minimum atomic E-state index is -0.0751. The van der Waals surface area contributed by atoms with Gasteiger partial charge in [0.15, 0.2) is 0 Å². The molecule has 0 aliphatic heterocycles. The molecule has 0 saturated carbocycles. The lowest BCUT2D eigenvalue weighted by Crippen LogP contribution is -2.25. The number of hydrogen-bond donors (Lipinski definition) is 2. The number of pyridine rings is 1. The van der Waals surface area contributed by atoms with Gasteiger partial charge < -0.3 is 10.6 Å². The van der Waals surface area contributed by atoms with Gasteiger partial charge in [-0.2, -0.15) is 0 Å². The Labute approximate surface area is 142 Å². The van der Waals surface area contributed by atoms with Crippen LogP contribution in [-0.4, -0.2) is 17.4 Å². The summed E-state index contributed by atoms with van der Waals surface area (Å²) in [5.41, 5.74) is 1.59. The summed E-state index contributed by atoms with van der Waals surface area (Å²) >= 11 is 6.13. The zero-order valence-corrected chi connectivity index (χ0v) is 14.2. The Kier molecular flexibility index (Phi) is 6.41. The smallest absolute Gasteiger partial charge is 0.251 e. The van der Waals surface area contributed by atoms with Crippen molar-refractivity contribution in [1.29, 1.82) is 0 Å². The van der Waals surface area contributed by atoms with Crippen molar-refractivity contribution in [3.05, 3.63) is 58.7 Å². The van der Waals surface area contributed by atoms with Gasteiger partial charge in [-0.05, 0) is 36.1 Å². The summed E-state index contributed by atoms with van der Waals surface area (Å²) in [6, 6.07) is 11.1. The minimum Gasteiger partial charge on any atom is -0.366 e. The van der Waals surface area contributed by atoms with Crippen LogP contribution in [0.1, 0.15) is 36.2 Å². The van der Waals surface area contributed by atoms with Gasteiger partial charge in [-0.15, -0.1) is 0 Å². The van der Waals surface area contributed by atoms with Crippen LogP contribution in [0.25, 0.3) is 0 Å². The number of halogens is 1. The predicted molar refractivity (Wildman–Crippen MR) is 94.8 cm³/mol. The number of aromatic nitrogens is 1. The molecule has 1 heterocycles. The number of amides is 1. The zero-order valence-electron chi connectivity index (χ0n) is 13.5. The lowest BCUT2D eigenvalue weighted by Gasteiger charge is -2.10. The van der Waals surface area contributed by atoms with Gasteiger partial charge in [0, 0.05) is 29.9 Å². The van der Waals surface area contributed by atoms with Crippen LogP contribution in [0, 0.1) is 5.92 Å². The second kappa shape index (κ2) is 8.53. The Morgan fingerprint density at radius 1 is 1.26 bits per heavy atom. The fraction of sp³-hybridized carbons (Fsp3) is 0.333. The molecule has 1 aromatic heterocycles. The summed E-state index contributed by atoms with van der Waals surface area (Å²) in [7, 11) is 0. The maximum Gasteiger partial charge on any atom is 0.251 e. The summed E-state index contributed by atoms with van der Waals surface area (Å²) in [5, 5.41) is 6.83. The molecule has 122 valence electrons. The highest BCUT2D eigenvalue weighted by Crippen LogP contribution is 2.16. The molecule has 5 heteroatoms. The van der Waals surface area contributed by atoms with Crippen molar-refractivity contribution in [3.8, 4) is 0 Å². The molecule has 0 saturated heterocycles. The van der Waals surface area contributed by atoms with Gasteiger partial charge in [0.2, 0.25) is 0 Å². The largest absolute Gasteiger partial charge is 0.366 e. The molecule has 0 fully saturated rings. The first kappa shape index (κ1) is 17.3. The molecule has 0 atom stereocenters. The molecule has 23 heavy (non-hydrogen) atoms. The SMILES string of the molecule is CC(C)CCNC(=O)c1ccnc(NCc2ccccc2Cl)c1. The van der Waals surface area contributed by atoms with E-state index in [9.17, 15) is 4.79 Å². The predicted octanol–water partition coefficient (Wildman–Crippen LogP) is 4.12. The normalized spacial score (nSPS) is 10.6. The van der Waals surface area contributed by atoms with E-state index in [0.717, 1.165) is 12.0 Å². The average molecular weight is 332 g/mol. The summed E-state index contributed by atoms with van der Waals surface area (Å²) in [5.74, 6) is 1.15. The van der Waals surface area contributed by atoms with E-state index in [1.54, 1.807) is 18.3 Å². The average Bonchev–Trinajstić information content (AvgIpc) is 2.54. The second-order valence-electron chi connectivity index (χ2n) is 5.81. The van der Waals surface area contributed by atoms with Gasteiger partial charge >= 0.3 is 0 Å². The van der Waals surface area contributed by atoms with Gasteiger partial charge in [0.25, 0.3) is 5.91 Å². The van der Waals surface area contributed by atoms with Crippen LogP contribution in [0.4, 0.5) is 5.82 Å². The third-order valence-corrected chi connectivity index (χ3v) is 3.82. The number of carbonyl (C=O) groups excluding carboxylic acids is 1. The molecule has 0 unspecified atom stereocenters. The topological polar surface area (TPSA) is 54.0 Å². The first-order valence-corrected chi connectivity index (χ1v) is 8.15. The third kappa shape index (κ3) is 5.57. The van der Waals surface area contributed by atoms with E-state index < -0.39 is 0 Å². The molecular weight excluding hydrogens is 310 g/mol. The Morgan fingerprint density at radius 2 is 2.04 bits per heavy atom. The number of rotatable bonds is 7. The maximum atomic E-state index is 12.1. The van der Waals surface area contributed by atoms with E-state index in [-0.39, 0.29) is 5.91 Å². The third-order valence-electron chi connectivity index (χ3n) is 3.45.